The van der Waals surface area contributed by atoms with E-state index in [-0.39, 0.29) is 17.3 Å². The van der Waals surface area contributed by atoms with Crippen LogP contribution in [-0.4, -0.2) is 25.9 Å². The molecular weight excluding hydrogens is 417 g/mol. The maximum Gasteiger partial charge on any atom is 0.573 e. The molecule has 0 radical (unpaired) electrons. The molecular formula is C16H8BrF3N4O2. The zero-order chi connectivity index (χ0) is 18.3. The summed E-state index contributed by atoms with van der Waals surface area (Å²) in [5.74, 6) is -0.279. The maximum absolute atomic E-state index is 12.6. The monoisotopic (exact) mass is 424 g/mol. The molecule has 1 aromatic carbocycles. The van der Waals surface area contributed by atoms with Gasteiger partial charge in [-0.2, -0.15) is 4.98 Å². The van der Waals surface area contributed by atoms with Crippen molar-refractivity contribution in [3.63, 3.8) is 0 Å². The summed E-state index contributed by atoms with van der Waals surface area (Å²) in [6.45, 7) is 0. The van der Waals surface area contributed by atoms with Crippen LogP contribution in [0, 0.1) is 0 Å². The van der Waals surface area contributed by atoms with E-state index in [0.717, 1.165) is 5.65 Å². The SMILES string of the molecule is FC(F)(F)Oc1cc(Br)ccc1-c1noc(-c2ccc3nccn3c2)n1. The van der Waals surface area contributed by atoms with Crippen LogP contribution in [0.1, 0.15) is 0 Å². The van der Waals surface area contributed by atoms with Gasteiger partial charge in [0, 0.05) is 23.1 Å². The van der Waals surface area contributed by atoms with Gasteiger partial charge in [-0.25, -0.2) is 4.98 Å². The molecule has 132 valence electrons. The van der Waals surface area contributed by atoms with E-state index >= 15 is 0 Å². The van der Waals surface area contributed by atoms with Crippen molar-refractivity contribution in [2.75, 3.05) is 0 Å². The van der Waals surface area contributed by atoms with Crippen LogP contribution in [0.5, 0.6) is 5.75 Å². The molecule has 0 spiro atoms. The van der Waals surface area contributed by atoms with E-state index in [1.807, 2.05) is 0 Å². The predicted octanol–water partition coefficient (Wildman–Crippen LogP) is 4.71. The van der Waals surface area contributed by atoms with Crippen LogP contribution in [0.4, 0.5) is 13.2 Å². The highest BCUT2D eigenvalue weighted by Crippen LogP contribution is 2.35. The molecule has 0 atom stereocenters. The lowest BCUT2D eigenvalue weighted by Crippen LogP contribution is -2.17. The van der Waals surface area contributed by atoms with E-state index in [1.165, 1.54) is 12.1 Å². The Bertz CT molecular complexity index is 1090. The van der Waals surface area contributed by atoms with Crippen molar-refractivity contribution in [1.82, 2.24) is 19.5 Å². The van der Waals surface area contributed by atoms with Gasteiger partial charge in [-0.1, -0.05) is 21.1 Å². The van der Waals surface area contributed by atoms with Gasteiger partial charge in [-0.05, 0) is 30.3 Å². The third-order valence-corrected chi connectivity index (χ3v) is 3.97. The van der Waals surface area contributed by atoms with Crippen molar-refractivity contribution in [2.45, 2.75) is 6.36 Å². The lowest BCUT2D eigenvalue weighted by Gasteiger charge is -2.11. The van der Waals surface area contributed by atoms with Gasteiger partial charge in [-0.15, -0.1) is 13.2 Å². The molecule has 0 aliphatic carbocycles. The molecule has 10 heteroatoms. The standard InChI is InChI=1S/C16H8BrF3N4O2/c17-10-2-3-11(12(7-10)25-16(18,19)20)14-22-15(26-23-14)9-1-4-13-21-5-6-24(13)8-9/h1-8H. The molecule has 4 rings (SSSR count). The second kappa shape index (κ2) is 6.13. The average Bonchev–Trinajstić information content (AvgIpc) is 3.22. The summed E-state index contributed by atoms with van der Waals surface area (Å²) in [4.78, 5) is 8.32. The normalized spacial score (nSPS) is 11.8. The Morgan fingerprint density at radius 2 is 2.00 bits per heavy atom. The predicted molar refractivity (Wildman–Crippen MR) is 88.3 cm³/mol. The maximum atomic E-state index is 12.6. The second-order valence-corrected chi connectivity index (χ2v) is 6.14. The van der Waals surface area contributed by atoms with Crippen LogP contribution >= 0.6 is 15.9 Å². The number of aromatic nitrogens is 4. The summed E-state index contributed by atoms with van der Waals surface area (Å²) in [6, 6.07) is 7.66. The quantitative estimate of drug-likeness (QED) is 0.476. The highest BCUT2D eigenvalue weighted by molar-refractivity contribution is 9.10. The fourth-order valence-corrected chi connectivity index (χ4v) is 2.73. The minimum Gasteiger partial charge on any atom is -0.405 e. The Balaban J connectivity index is 1.74. The first-order valence-corrected chi connectivity index (χ1v) is 8.01. The Kier molecular flexibility index (Phi) is 3.91. The van der Waals surface area contributed by atoms with E-state index in [1.54, 1.807) is 41.2 Å². The third kappa shape index (κ3) is 3.27. The van der Waals surface area contributed by atoms with Gasteiger partial charge in [0.05, 0.1) is 11.1 Å². The number of alkyl halides is 3. The van der Waals surface area contributed by atoms with Crippen molar-refractivity contribution in [3.8, 4) is 28.6 Å². The lowest BCUT2D eigenvalue weighted by atomic mass is 10.2. The largest absolute Gasteiger partial charge is 0.573 e. The number of pyridine rings is 1. The first kappa shape index (κ1) is 16.6. The van der Waals surface area contributed by atoms with Gasteiger partial charge < -0.3 is 13.7 Å². The molecule has 0 N–H and O–H groups in total. The Hall–Kier alpha value is -2.88. The smallest absolute Gasteiger partial charge is 0.405 e. The van der Waals surface area contributed by atoms with Crippen molar-refractivity contribution < 1.29 is 22.4 Å². The summed E-state index contributed by atoms with van der Waals surface area (Å²) in [5.41, 5.74) is 1.40. The van der Waals surface area contributed by atoms with Gasteiger partial charge in [-0.3, -0.25) is 0 Å². The molecule has 26 heavy (non-hydrogen) atoms. The van der Waals surface area contributed by atoms with Gasteiger partial charge >= 0.3 is 6.36 Å². The fourth-order valence-electron chi connectivity index (χ4n) is 2.39. The summed E-state index contributed by atoms with van der Waals surface area (Å²) in [5, 5.41) is 3.78. The number of nitrogens with zero attached hydrogens (tertiary/aromatic N) is 4. The van der Waals surface area contributed by atoms with Crippen LogP contribution in [-0.2, 0) is 0 Å². The van der Waals surface area contributed by atoms with Crippen molar-refractivity contribution in [2.24, 2.45) is 0 Å². The Morgan fingerprint density at radius 1 is 1.15 bits per heavy atom. The Labute approximate surface area is 152 Å². The molecule has 3 heterocycles. The number of fused-ring (bicyclic) bond motifs is 1. The molecule has 0 amide bonds. The highest BCUT2D eigenvalue weighted by atomic mass is 79.9. The minimum absolute atomic E-state index is 0.0162. The number of ether oxygens (including phenoxy) is 1. The number of imidazole rings is 1. The minimum atomic E-state index is -4.84. The molecule has 0 fully saturated rings. The molecule has 0 aliphatic rings. The second-order valence-electron chi connectivity index (χ2n) is 5.22. The van der Waals surface area contributed by atoms with Gasteiger partial charge in [0.2, 0.25) is 5.82 Å². The van der Waals surface area contributed by atoms with E-state index in [4.69, 9.17) is 4.52 Å². The zero-order valence-corrected chi connectivity index (χ0v) is 14.3. The summed E-state index contributed by atoms with van der Waals surface area (Å²) >= 11 is 3.12. The molecule has 0 unspecified atom stereocenters. The first-order chi connectivity index (χ1) is 12.4. The van der Waals surface area contributed by atoms with Crippen LogP contribution in [0.25, 0.3) is 28.5 Å². The zero-order valence-electron chi connectivity index (χ0n) is 12.7. The van der Waals surface area contributed by atoms with Crippen molar-refractivity contribution in [1.29, 1.82) is 0 Å². The van der Waals surface area contributed by atoms with Crippen LogP contribution in [0.2, 0.25) is 0 Å². The van der Waals surface area contributed by atoms with E-state index < -0.39 is 12.1 Å². The highest BCUT2D eigenvalue weighted by Gasteiger charge is 2.33. The van der Waals surface area contributed by atoms with Gasteiger partial charge in [0.15, 0.2) is 0 Å². The number of rotatable bonds is 3. The van der Waals surface area contributed by atoms with Crippen LogP contribution < -0.4 is 4.74 Å². The lowest BCUT2D eigenvalue weighted by molar-refractivity contribution is -0.274. The van der Waals surface area contributed by atoms with Crippen LogP contribution in [0.3, 0.4) is 0 Å². The van der Waals surface area contributed by atoms with Crippen LogP contribution in [0.15, 0.2) is 57.9 Å². The number of benzene rings is 1. The molecule has 0 saturated heterocycles. The van der Waals surface area contributed by atoms with E-state index in [9.17, 15) is 13.2 Å². The third-order valence-electron chi connectivity index (χ3n) is 3.47. The molecule has 0 saturated carbocycles. The number of hydrogen-bond donors (Lipinski definition) is 0. The summed E-state index contributed by atoms with van der Waals surface area (Å²) in [7, 11) is 0. The van der Waals surface area contributed by atoms with E-state index in [0.29, 0.717) is 10.0 Å². The van der Waals surface area contributed by atoms with Gasteiger partial charge in [0.25, 0.3) is 5.89 Å². The molecule has 4 aromatic rings. The number of halogens is 4. The number of hydrogen-bond acceptors (Lipinski definition) is 5. The topological polar surface area (TPSA) is 65.5 Å². The van der Waals surface area contributed by atoms with Crippen molar-refractivity contribution in [3.05, 3.63) is 53.4 Å². The summed E-state index contributed by atoms with van der Waals surface area (Å²) < 4.78 is 49.4. The molecule has 0 aliphatic heterocycles. The fraction of sp³-hybridized carbons (Fsp3) is 0.0625. The first-order valence-electron chi connectivity index (χ1n) is 7.21. The summed E-state index contributed by atoms with van der Waals surface area (Å²) in [6.07, 6.45) is 0.282. The van der Waals surface area contributed by atoms with E-state index in [2.05, 4.69) is 35.8 Å². The molecule has 3 aromatic heterocycles. The average molecular weight is 425 g/mol. The van der Waals surface area contributed by atoms with Crippen molar-refractivity contribution >= 4 is 21.6 Å². The van der Waals surface area contributed by atoms with Gasteiger partial charge in [0.1, 0.15) is 11.4 Å². The Morgan fingerprint density at radius 3 is 2.81 bits per heavy atom. The molecule has 0 bridgehead atoms. The molecule has 6 nitrogen and oxygen atoms in total.